The molecule has 674 valence electrons. The van der Waals surface area contributed by atoms with E-state index in [4.69, 9.17) is 34.2 Å². The summed E-state index contributed by atoms with van der Waals surface area (Å²) in [6, 6.07) is 0. The van der Waals surface area contributed by atoms with E-state index in [2.05, 4.69) is 60.4 Å². The topological polar surface area (TPSA) is 145 Å². The number of carbonyl (C=O) groups excluding carboxylic acids is 3. The summed E-state index contributed by atoms with van der Waals surface area (Å²) in [5.74, 6) is 4.06. The SMILES string of the molecule is C.C1CCCCC1.C1CCCCC1.C1CCCCC1.C1CCCCC1.C1CCCCC1.C1CCCCC1.CC(C)C.CC(C)C.CCCCCCCCCCCOCCOCCOCCCCC(=O)CCSC.CCCCCCCCCCCOCCOCCOCCCCC(=O)CCSC.CN=CCCCC(N)=O.F.[2HH]. The largest absolute Gasteiger partial charge is 0.379 e. The maximum Gasteiger partial charge on any atom is 0.217 e. The van der Waals surface area contributed by atoms with Gasteiger partial charge in [-0.25, -0.2) is 0 Å². The lowest BCUT2D eigenvalue weighted by Gasteiger charge is -2.07. The van der Waals surface area contributed by atoms with Crippen LogP contribution in [0.3, 0.4) is 0 Å². The molecule has 1 amide bonds. The van der Waals surface area contributed by atoms with E-state index in [-0.39, 0.29) is 19.5 Å². The Hall–Kier alpha value is -1.13. The highest BCUT2D eigenvalue weighted by Crippen LogP contribution is 2.20. The number of halogens is 1. The van der Waals surface area contributed by atoms with Crippen LogP contribution >= 0.6 is 23.5 Å². The number of nitrogens with zero attached hydrogens (tertiary/aromatic N) is 1. The van der Waals surface area contributed by atoms with Crippen LogP contribution in [0.1, 0.15) is 482 Å². The Bertz CT molecular complexity index is 1400. The first kappa shape index (κ1) is 123. The molecule has 0 aliphatic heterocycles. The number of amides is 1. The number of thioether (sulfide) groups is 2. The van der Waals surface area contributed by atoms with Gasteiger partial charge in [0.1, 0.15) is 11.6 Å². The smallest absolute Gasteiger partial charge is 0.217 e. The van der Waals surface area contributed by atoms with Gasteiger partial charge >= 0.3 is 0 Å². The van der Waals surface area contributed by atoms with Gasteiger partial charge in [0.25, 0.3) is 0 Å². The molecular weight excluding hydrogens is 1420 g/mol. The summed E-state index contributed by atoms with van der Waals surface area (Å²) in [7, 11) is 1.71. The Morgan fingerprint density at radius 3 is 0.667 bits per heavy atom. The van der Waals surface area contributed by atoms with Crippen molar-refractivity contribution in [2.75, 3.05) is 110 Å². The Labute approximate surface area is 705 Å². The van der Waals surface area contributed by atoms with Crippen molar-refractivity contribution in [3.63, 3.8) is 0 Å². The summed E-state index contributed by atoms with van der Waals surface area (Å²) >= 11 is 3.46. The number of rotatable bonds is 52. The summed E-state index contributed by atoms with van der Waals surface area (Å²) in [5.41, 5.74) is 4.89. The van der Waals surface area contributed by atoms with Gasteiger partial charge < -0.3 is 39.1 Å². The van der Waals surface area contributed by atoms with Gasteiger partial charge in [0.05, 0.1) is 52.9 Å². The molecule has 6 saturated carbocycles. The number of carbonyl (C=O) groups is 3. The molecule has 0 spiro atoms. The fourth-order valence-electron chi connectivity index (χ4n) is 12.7. The van der Waals surface area contributed by atoms with Crippen LogP contribution in [0.25, 0.3) is 0 Å². The number of Topliss-reactive ketones (excluding diaryl/α,β-unsaturated/α-hetero) is 2. The third-order valence-electron chi connectivity index (χ3n) is 19.4. The van der Waals surface area contributed by atoms with E-state index < -0.39 is 0 Å². The molecule has 6 aliphatic rings. The van der Waals surface area contributed by atoms with Gasteiger partial charge in [0.15, 0.2) is 0 Å². The van der Waals surface area contributed by atoms with Crippen molar-refractivity contribution < 1.29 is 48.9 Å². The minimum absolute atomic E-state index is 0. The van der Waals surface area contributed by atoms with Crippen LogP contribution in [-0.4, -0.2) is 134 Å². The summed E-state index contributed by atoms with van der Waals surface area (Å²) < 4.78 is 33.3. The van der Waals surface area contributed by atoms with Crippen LogP contribution in [-0.2, 0) is 42.8 Å². The highest BCUT2D eigenvalue weighted by molar-refractivity contribution is 7.98. The van der Waals surface area contributed by atoms with Crippen molar-refractivity contribution >= 4 is 47.2 Å². The summed E-state index contributed by atoms with van der Waals surface area (Å²) in [5, 5.41) is 0. The second-order valence-corrected chi connectivity index (χ2v) is 34.8. The number of unbranched alkanes of at least 4 members (excludes halogenated alkanes) is 19. The molecule has 0 aromatic heterocycles. The third kappa shape index (κ3) is 144. The van der Waals surface area contributed by atoms with Crippen molar-refractivity contribution in [3.05, 3.63) is 0 Å². The Balaban J connectivity index is -0.000000193. The van der Waals surface area contributed by atoms with E-state index in [1.807, 2.05) is 12.5 Å². The van der Waals surface area contributed by atoms with Gasteiger partial charge in [0.2, 0.25) is 5.91 Å². The summed E-state index contributed by atoms with van der Waals surface area (Å²) in [6.07, 6.45) is 92.7. The second kappa shape index (κ2) is 120. The lowest BCUT2D eigenvalue weighted by molar-refractivity contribution is -0.119. The summed E-state index contributed by atoms with van der Waals surface area (Å²) in [4.78, 5) is 36.9. The van der Waals surface area contributed by atoms with Gasteiger partial charge in [-0.3, -0.25) is 19.1 Å². The molecule has 0 unspecified atom stereocenters. The number of nitrogens with two attached hydrogens (primary N) is 1. The molecule has 0 atom stereocenters. The lowest BCUT2D eigenvalue weighted by Crippen LogP contribution is -2.10. The van der Waals surface area contributed by atoms with Crippen LogP contribution in [0.15, 0.2) is 4.99 Å². The molecule has 0 heterocycles. The molecule has 0 radical (unpaired) electrons. The van der Waals surface area contributed by atoms with Gasteiger partial charge in [-0.1, -0.05) is 397 Å². The van der Waals surface area contributed by atoms with Gasteiger partial charge in [-0.15, -0.1) is 0 Å². The van der Waals surface area contributed by atoms with Crippen molar-refractivity contribution in [1.29, 1.82) is 0 Å². The van der Waals surface area contributed by atoms with Crippen LogP contribution in [0.4, 0.5) is 4.70 Å². The average Bonchev–Trinajstić information content (AvgIpc) is 1.65. The molecule has 6 rings (SSSR count). The zero-order valence-electron chi connectivity index (χ0n) is 76.0. The standard InChI is InChI=1S/2C23H46O4S.C6H12N2O.6C6H12.2C4H10.CH4.FH.H2/c2*1-3-4-5-6-7-8-9-10-12-16-25-18-20-27-21-19-26-17-13-11-14-23(24)15-22-28-2;1-8-5-3-2-4-6(7)9;6*1-2-4-6-5-3-1;2*1-4(2)3;;;/h2*3-22H2,1-2H3;5H,2-4H2,1H3,(H2,7,9);6*1-6H2;2*4H,1-3H3;1H4;2*1H/i;;;;;;;;;;;;;1+1. The van der Waals surface area contributed by atoms with Crippen molar-refractivity contribution in [2.45, 2.75) is 480 Å². The zero-order chi connectivity index (χ0) is 80.8. The fourth-order valence-corrected chi connectivity index (χ4v) is 13.6. The molecule has 0 aromatic rings. The normalized spacial score (nSPS) is 14.9. The Morgan fingerprint density at radius 2 is 0.486 bits per heavy atom. The first-order chi connectivity index (χ1) is 53.4. The van der Waals surface area contributed by atoms with E-state index in [0.29, 0.717) is 110 Å². The maximum absolute atomic E-state index is 11.5. The molecule has 6 fully saturated rings. The first-order valence-electron chi connectivity index (χ1n) is 47.5. The second-order valence-electron chi connectivity index (χ2n) is 32.8. The minimum atomic E-state index is -0.237. The third-order valence-corrected chi connectivity index (χ3v) is 20.6. The number of ketones is 2. The molecule has 14 heteroatoms. The molecule has 111 heavy (non-hydrogen) atoms. The molecule has 0 saturated heterocycles. The van der Waals surface area contributed by atoms with Crippen LogP contribution in [0.2, 0.25) is 0 Å². The van der Waals surface area contributed by atoms with E-state index in [1.54, 1.807) is 36.8 Å². The fraction of sp³-hybridized carbons (Fsp3) is 0.959. The molecule has 0 aromatic carbocycles. The van der Waals surface area contributed by atoms with E-state index in [1.165, 1.54) is 334 Å². The molecule has 6 aliphatic carbocycles. The number of primary amides is 1. The Kier molecular flexibility index (Phi) is 133. The molecule has 11 nitrogen and oxygen atoms in total. The predicted molar refractivity (Wildman–Crippen MR) is 499 cm³/mol. The van der Waals surface area contributed by atoms with Crippen molar-refractivity contribution in [2.24, 2.45) is 22.6 Å². The van der Waals surface area contributed by atoms with Gasteiger partial charge in [0, 0.05) is 67.0 Å². The van der Waals surface area contributed by atoms with Crippen LogP contribution in [0.5, 0.6) is 0 Å². The number of aliphatic imine (C=N–C) groups is 1. The monoisotopic (exact) mass is 1620 g/mol. The molecular formula is C97H203FN2O9S2. The van der Waals surface area contributed by atoms with E-state index >= 15 is 0 Å². The van der Waals surface area contributed by atoms with Crippen LogP contribution < -0.4 is 5.73 Å². The van der Waals surface area contributed by atoms with E-state index in [9.17, 15) is 14.4 Å². The maximum atomic E-state index is 11.5. The van der Waals surface area contributed by atoms with E-state index in [0.717, 1.165) is 87.9 Å². The van der Waals surface area contributed by atoms with Gasteiger partial charge in [-0.2, -0.15) is 23.5 Å². The predicted octanol–water partition coefficient (Wildman–Crippen LogP) is 30.9. The lowest BCUT2D eigenvalue weighted by atomic mass is 10.0. The zero-order valence-corrected chi connectivity index (χ0v) is 77.7. The van der Waals surface area contributed by atoms with Crippen LogP contribution in [0, 0.1) is 11.8 Å². The average molecular weight is 1630 g/mol. The minimum Gasteiger partial charge on any atom is -0.379 e. The Morgan fingerprint density at radius 1 is 0.306 bits per heavy atom. The number of hydrogen-bond acceptors (Lipinski definition) is 12. The van der Waals surface area contributed by atoms with Gasteiger partial charge in [-0.05, 0) is 93.4 Å². The quantitative estimate of drug-likeness (QED) is 0.0459. The summed E-state index contributed by atoms with van der Waals surface area (Å²) in [6.45, 7) is 25.8. The first-order valence-corrected chi connectivity index (χ1v) is 50.3. The van der Waals surface area contributed by atoms with Crippen molar-refractivity contribution in [1.82, 2.24) is 0 Å². The number of hydrogen-bond donors (Lipinski definition) is 1. The van der Waals surface area contributed by atoms with Crippen molar-refractivity contribution in [3.8, 4) is 0 Å². The number of ether oxygens (including phenoxy) is 6. The highest BCUT2D eigenvalue weighted by atomic mass is 32.2. The highest BCUT2D eigenvalue weighted by Gasteiger charge is 2.05. The molecule has 0 bridgehead atoms. The molecule has 2 N–H and O–H groups in total.